The summed E-state index contributed by atoms with van der Waals surface area (Å²) in [6, 6.07) is 32.0. The van der Waals surface area contributed by atoms with E-state index < -0.39 is 15.3 Å². The lowest BCUT2D eigenvalue weighted by Crippen LogP contribution is -2.19. The lowest BCUT2D eigenvalue weighted by molar-refractivity contribution is -0.115. The summed E-state index contributed by atoms with van der Waals surface area (Å²) in [6.07, 6.45) is 0. The molecule has 0 saturated carbocycles. The first-order valence-electron chi connectivity index (χ1n) is 11.4. The lowest BCUT2D eigenvalue weighted by atomic mass is 10.1. The van der Waals surface area contributed by atoms with Crippen molar-refractivity contribution in [3.63, 3.8) is 0 Å². The number of hydrogen-bond acceptors (Lipinski definition) is 5. The average Bonchev–Trinajstić information content (AvgIpc) is 2.90. The predicted octanol–water partition coefficient (Wildman–Crippen LogP) is 6.36. The minimum absolute atomic E-state index is 0.188. The van der Waals surface area contributed by atoms with Crippen LogP contribution in [0.2, 0.25) is 0 Å². The fourth-order valence-electron chi connectivity index (χ4n) is 3.50. The van der Waals surface area contributed by atoms with Crippen molar-refractivity contribution >= 4 is 39.1 Å². The Morgan fingerprint density at radius 2 is 1.44 bits per heavy atom. The van der Waals surface area contributed by atoms with Gasteiger partial charge >= 0.3 is 0 Å². The van der Waals surface area contributed by atoms with Gasteiger partial charge in [-0.1, -0.05) is 60.7 Å². The molecule has 0 fully saturated rings. The fraction of sp³-hybridized carbons (Fsp3) is 0.107. The summed E-state index contributed by atoms with van der Waals surface area (Å²) < 4.78 is 33.5. The van der Waals surface area contributed by atoms with Gasteiger partial charge in [-0.3, -0.25) is 9.52 Å². The van der Waals surface area contributed by atoms with Gasteiger partial charge in [-0.25, -0.2) is 8.42 Å². The van der Waals surface area contributed by atoms with Gasteiger partial charge in [-0.15, -0.1) is 11.8 Å². The molecule has 2 N–H and O–H groups in total. The summed E-state index contributed by atoms with van der Waals surface area (Å²) in [4.78, 5) is 14.4. The molecule has 1 atom stereocenters. The third kappa shape index (κ3) is 6.47. The maximum Gasteiger partial charge on any atom is 0.261 e. The first kappa shape index (κ1) is 25.3. The molecule has 8 heteroatoms. The van der Waals surface area contributed by atoms with E-state index in [2.05, 4.69) is 10.0 Å². The van der Waals surface area contributed by atoms with Gasteiger partial charge in [0.25, 0.3) is 10.0 Å². The number of benzene rings is 4. The molecular weight excluding hydrogens is 492 g/mol. The van der Waals surface area contributed by atoms with Gasteiger partial charge in [0, 0.05) is 10.6 Å². The number of rotatable bonds is 10. The zero-order valence-corrected chi connectivity index (χ0v) is 21.3. The number of carbonyl (C=O) groups is 1. The van der Waals surface area contributed by atoms with Crippen LogP contribution in [-0.4, -0.2) is 20.9 Å². The molecular formula is C28H26N2O4S2. The maximum absolute atomic E-state index is 13.4. The van der Waals surface area contributed by atoms with Crippen LogP contribution in [0, 0.1) is 0 Å². The lowest BCUT2D eigenvalue weighted by Gasteiger charge is -2.19. The van der Waals surface area contributed by atoms with Crippen molar-refractivity contribution in [1.82, 2.24) is 0 Å². The first-order valence-corrected chi connectivity index (χ1v) is 13.7. The van der Waals surface area contributed by atoms with Crippen LogP contribution in [0.25, 0.3) is 0 Å². The van der Waals surface area contributed by atoms with Gasteiger partial charge in [-0.2, -0.15) is 0 Å². The molecule has 36 heavy (non-hydrogen) atoms. The number of hydrogen-bond donors (Lipinski definition) is 2. The quantitative estimate of drug-likeness (QED) is 0.239. The smallest absolute Gasteiger partial charge is 0.261 e. The van der Waals surface area contributed by atoms with E-state index in [1.165, 1.54) is 11.8 Å². The third-order valence-corrected chi connectivity index (χ3v) is 7.86. The molecule has 0 saturated heterocycles. The van der Waals surface area contributed by atoms with Gasteiger partial charge in [0.2, 0.25) is 5.91 Å². The van der Waals surface area contributed by atoms with Crippen molar-refractivity contribution in [2.75, 3.05) is 16.6 Å². The Morgan fingerprint density at radius 1 is 0.833 bits per heavy atom. The zero-order valence-electron chi connectivity index (χ0n) is 19.6. The molecule has 0 spiro atoms. The summed E-state index contributed by atoms with van der Waals surface area (Å²) >= 11 is 1.38. The molecule has 0 heterocycles. The topological polar surface area (TPSA) is 84.5 Å². The number of anilines is 2. The minimum Gasteiger partial charge on any atom is -0.492 e. The van der Waals surface area contributed by atoms with Crippen molar-refractivity contribution in [1.29, 1.82) is 0 Å². The zero-order chi connectivity index (χ0) is 25.4. The van der Waals surface area contributed by atoms with E-state index in [-0.39, 0.29) is 10.8 Å². The highest BCUT2D eigenvalue weighted by Crippen LogP contribution is 2.37. The number of para-hydroxylation sites is 2. The van der Waals surface area contributed by atoms with E-state index >= 15 is 0 Å². The molecule has 0 aliphatic heterocycles. The molecule has 6 nitrogen and oxygen atoms in total. The van der Waals surface area contributed by atoms with E-state index in [9.17, 15) is 13.2 Å². The van der Waals surface area contributed by atoms with E-state index in [0.29, 0.717) is 23.7 Å². The number of nitrogens with one attached hydrogen (secondary N) is 2. The molecule has 0 aliphatic carbocycles. The Kier molecular flexibility index (Phi) is 8.30. The van der Waals surface area contributed by atoms with Gasteiger partial charge in [-0.05, 0) is 61.0 Å². The Bertz CT molecular complexity index is 1390. The van der Waals surface area contributed by atoms with Crippen molar-refractivity contribution in [2.24, 2.45) is 0 Å². The highest BCUT2D eigenvalue weighted by atomic mass is 32.2. The fourth-order valence-corrected chi connectivity index (χ4v) is 5.61. The van der Waals surface area contributed by atoms with Crippen molar-refractivity contribution < 1.29 is 17.9 Å². The van der Waals surface area contributed by atoms with Gasteiger partial charge in [0.15, 0.2) is 0 Å². The van der Waals surface area contributed by atoms with E-state index in [0.717, 1.165) is 10.5 Å². The minimum atomic E-state index is -3.68. The van der Waals surface area contributed by atoms with Crippen LogP contribution >= 0.6 is 11.8 Å². The second kappa shape index (κ2) is 11.8. The van der Waals surface area contributed by atoms with Crippen molar-refractivity contribution in [3.05, 3.63) is 115 Å². The van der Waals surface area contributed by atoms with Gasteiger partial charge in [0.1, 0.15) is 11.0 Å². The predicted molar refractivity (Wildman–Crippen MR) is 145 cm³/mol. The number of amides is 1. The molecule has 0 aromatic heterocycles. The molecule has 1 unspecified atom stereocenters. The highest BCUT2D eigenvalue weighted by Gasteiger charge is 2.23. The number of carbonyl (C=O) groups excluding carboxylic acids is 1. The van der Waals surface area contributed by atoms with Crippen LogP contribution in [0.4, 0.5) is 11.4 Å². The van der Waals surface area contributed by atoms with Crippen LogP contribution in [0.5, 0.6) is 5.75 Å². The van der Waals surface area contributed by atoms with Crippen LogP contribution in [0.15, 0.2) is 119 Å². The summed E-state index contributed by atoms with van der Waals surface area (Å²) in [5.41, 5.74) is 1.90. The van der Waals surface area contributed by atoms with Gasteiger partial charge < -0.3 is 10.1 Å². The largest absolute Gasteiger partial charge is 0.492 e. The standard InChI is InChI=1S/C28H26N2O4S2/c1-2-34-26-16-10-9-15-25(26)29-28(31)27(21-11-5-3-6-12-21)35-23-19-17-22(18-20-23)30-36(32,33)24-13-7-4-8-14-24/h3-20,27,30H,2H2,1H3,(H,29,31). The molecule has 184 valence electrons. The van der Waals surface area contributed by atoms with Crippen molar-refractivity contribution in [2.45, 2.75) is 22.0 Å². The molecule has 4 aromatic carbocycles. The van der Waals surface area contributed by atoms with Crippen LogP contribution in [-0.2, 0) is 14.8 Å². The second-order valence-corrected chi connectivity index (χ2v) is 10.6. The summed E-state index contributed by atoms with van der Waals surface area (Å²) in [7, 11) is -3.68. The van der Waals surface area contributed by atoms with Crippen molar-refractivity contribution in [3.8, 4) is 5.75 Å². The maximum atomic E-state index is 13.4. The summed E-state index contributed by atoms with van der Waals surface area (Å²) in [5, 5.41) is 2.46. The van der Waals surface area contributed by atoms with Crippen LogP contribution in [0.1, 0.15) is 17.7 Å². The Balaban J connectivity index is 1.53. The molecule has 4 rings (SSSR count). The monoisotopic (exact) mass is 518 g/mol. The van der Waals surface area contributed by atoms with E-state index in [4.69, 9.17) is 4.74 Å². The highest BCUT2D eigenvalue weighted by molar-refractivity contribution is 8.00. The first-order chi connectivity index (χ1) is 17.5. The number of ether oxygens (including phenoxy) is 1. The average molecular weight is 519 g/mol. The molecule has 0 radical (unpaired) electrons. The normalized spacial score (nSPS) is 11.9. The second-order valence-electron chi connectivity index (χ2n) is 7.77. The van der Waals surface area contributed by atoms with E-state index in [1.807, 2.05) is 61.5 Å². The Hall–Kier alpha value is -3.75. The number of sulfonamides is 1. The SMILES string of the molecule is CCOc1ccccc1NC(=O)C(Sc1ccc(NS(=O)(=O)c2ccccc2)cc1)c1ccccc1. The molecule has 0 bridgehead atoms. The molecule has 0 aliphatic rings. The summed E-state index contributed by atoms with van der Waals surface area (Å²) in [6.45, 7) is 2.38. The van der Waals surface area contributed by atoms with E-state index in [1.54, 1.807) is 54.6 Å². The summed E-state index contributed by atoms with van der Waals surface area (Å²) in [5.74, 6) is 0.424. The van der Waals surface area contributed by atoms with Crippen LogP contribution < -0.4 is 14.8 Å². The molecule has 4 aromatic rings. The van der Waals surface area contributed by atoms with Crippen LogP contribution in [0.3, 0.4) is 0 Å². The number of thioether (sulfide) groups is 1. The molecule has 1 amide bonds. The third-order valence-electron chi connectivity index (χ3n) is 5.20. The Labute approximate surface area is 215 Å². The Morgan fingerprint density at radius 3 is 2.11 bits per heavy atom. The van der Waals surface area contributed by atoms with Gasteiger partial charge in [0.05, 0.1) is 17.2 Å².